The van der Waals surface area contributed by atoms with Gasteiger partial charge < -0.3 is 4.90 Å². The van der Waals surface area contributed by atoms with Crippen molar-refractivity contribution in [1.29, 1.82) is 0 Å². The number of anilines is 1. The van der Waals surface area contributed by atoms with Crippen molar-refractivity contribution in [3.63, 3.8) is 0 Å². The molecule has 0 radical (unpaired) electrons. The Balaban J connectivity index is 2.60. The van der Waals surface area contributed by atoms with Gasteiger partial charge in [0.1, 0.15) is 5.82 Å². The van der Waals surface area contributed by atoms with Gasteiger partial charge in [-0.15, -0.1) is 11.6 Å². The van der Waals surface area contributed by atoms with Crippen LogP contribution in [0.15, 0.2) is 0 Å². The molecule has 11 heavy (non-hydrogen) atoms. The zero-order valence-corrected chi connectivity index (χ0v) is 8.11. The van der Waals surface area contributed by atoms with E-state index < -0.39 is 0 Å². The first-order valence-corrected chi connectivity index (χ1v) is 4.62. The minimum Gasteiger partial charge on any atom is -0.349 e. The average molecular weight is 192 g/mol. The van der Waals surface area contributed by atoms with Crippen LogP contribution in [0.1, 0.15) is 5.82 Å². The summed E-state index contributed by atoms with van der Waals surface area (Å²) in [5, 5.41) is 0.933. The van der Waals surface area contributed by atoms with Gasteiger partial charge in [0.2, 0.25) is 5.13 Å². The van der Waals surface area contributed by atoms with Crippen LogP contribution in [0.3, 0.4) is 0 Å². The molecule has 62 valence electrons. The van der Waals surface area contributed by atoms with Gasteiger partial charge in [0.25, 0.3) is 0 Å². The first-order chi connectivity index (χ1) is 5.24. The predicted octanol–water partition coefficient (Wildman–Crippen LogP) is 1.52. The van der Waals surface area contributed by atoms with Gasteiger partial charge in [-0.3, -0.25) is 0 Å². The van der Waals surface area contributed by atoms with Gasteiger partial charge >= 0.3 is 0 Å². The second-order valence-electron chi connectivity index (χ2n) is 2.23. The van der Waals surface area contributed by atoms with E-state index in [0.29, 0.717) is 5.88 Å². The topological polar surface area (TPSA) is 29.0 Å². The van der Waals surface area contributed by atoms with Crippen molar-refractivity contribution in [2.24, 2.45) is 0 Å². The van der Waals surface area contributed by atoms with Gasteiger partial charge in [-0.2, -0.15) is 4.37 Å². The Bertz CT molecular complexity index is 225. The van der Waals surface area contributed by atoms with Crippen molar-refractivity contribution >= 4 is 28.3 Å². The minimum atomic E-state index is 0.620. The molecule has 0 aliphatic heterocycles. The highest BCUT2D eigenvalue weighted by atomic mass is 35.5. The van der Waals surface area contributed by atoms with E-state index in [4.69, 9.17) is 11.6 Å². The third-order valence-electron chi connectivity index (χ3n) is 1.26. The molecule has 1 aromatic heterocycles. The monoisotopic (exact) mass is 191 g/mol. The summed E-state index contributed by atoms with van der Waals surface area (Å²) in [6.07, 6.45) is 0. The quantitative estimate of drug-likeness (QED) is 0.679. The van der Waals surface area contributed by atoms with E-state index in [9.17, 15) is 0 Å². The van der Waals surface area contributed by atoms with E-state index in [0.717, 1.165) is 17.5 Å². The molecule has 0 bridgehead atoms. The second-order valence-corrected chi connectivity index (χ2v) is 3.34. The second kappa shape index (κ2) is 3.88. The van der Waals surface area contributed by atoms with Gasteiger partial charge in [-0.05, 0) is 6.92 Å². The maximum atomic E-state index is 5.57. The number of hydrogen-bond acceptors (Lipinski definition) is 4. The van der Waals surface area contributed by atoms with Crippen molar-refractivity contribution in [3.05, 3.63) is 5.82 Å². The molecule has 0 aromatic carbocycles. The molecular weight excluding hydrogens is 182 g/mol. The lowest BCUT2D eigenvalue weighted by Gasteiger charge is -2.11. The lowest BCUT2D eigenvalue weighted by Crippen LogP contribution is -2.19. The van der Waals surface area contributed by atoms with Gasteiger partial charge in [0.15, 0.2) is 0 Å². The molecule has 1 aromatic rings. The maximum Gasteiger partial charge on any atom is 0.204 e. The molecule has 0 aliphatic rings. The van der Waals surface area contributed by atoms with Crippen LogP contribution in [0.4, 0.5) is 5.13 Å². The fraction of sp³-hybridized carbons (Fsp3) is 0.667. The molecule has 0 saturated heterocycles. The number of alkyl halides is 1. The standard InChI is InChI=1S/C6H10ClN3S/c1-5-8-6(11-9-5)10(2)4-3-7/h3-4H2,1-2H3. The summed E-state index contributed by atoms with van der Waals surface area (Å²) in [7, 11) is 1.96. The molecule has 3 nitrogen and oxygen atoms in total. The number of rotatable bonds is 3. The van der Waals surface area contributed by atoms with Crippen LogP contribution in [-0.2, 0) is 0 Å². The fourth-order valence-electron chi connectivity index (χ4n) is 0.664. The Hall–Kier alpha value is -0.350. The Morgan fingerprint density at radius 1 is 1.64 bits per heavy atom. The smallest absolute Gasteiger partial charge is 0.204 e. The number of nitrogens with zero attached hydrogens (tertiary/aromatic N) is 3. The SMILES string of the molecule is Cc1nsc(N(C)CCCl)n1. The van der Waals surface area contributed by atoms with E-state index in [2.05, 4.69) is 9.36 Å². The molecule has 0 unspecified atom stereocenters. The highest BCUT2D eigenvalue weighted by molar-refractivity contribution is 7.09. The van der Waals surface area contributed by atoms with Crippen LogP contribution in [0.5, 0.6) is 0 Å². The van der Waals surface area contributed by atoms with Crippen LogP contribution in [-0.4, -0.2) is 28.8 Å². The van der Waals surface area contributed by atoms with Crippen molar-refractivity contribution in [2.45, 2.75) is 6.92 Å². The third-order valence-corrected chi connectivity index (χ3v) is 2.35. The molecular formula is C6H10ClN3S. The van der Waals surface area contributed by atoms with Crippen LogP contribution in [0.2, 0.25) is 0 Å². The molecule has 0 N–H and O–H groups in total. The summed E-state index contributed by atoms with van der Waals surface area (Å²) in [4.78, 5) is 6.20. The van der Waals surface area contributed by atoms with E-state index in [1.165, 1.54) is 11.5 Å². The zero-order chi connectivity index (χ0) is 8.27. The average Bonchev–Trinajstić information content (AvgIpc) is 2.36. The fourth-order valence-corrected chi connectivity index (χ4v) is 1.58. The lowest BCUT2D eigenvalue weighted by atomic mass is 10.6. The minimum absolute atomic E-state index is 0.620. The number of aryl methyl sites for hydroxylation is 1. The molecule has 0 fully saturated rings. The number of hydrogen-bond donors (Lipinski definition) is 0. The maximum absolute atomic E-state index is 5.57. The summed E-state index contributed by atoms with van der Waals surface area (Å²) < 4.78 is 4.07. The molecule has 0 amide bonds. The van der Waals surface area contributed by atoms with Crippen molar-refractivity contribution in [3.8, 4) is 0 Å². The molecule has 0 spiro atoms. The highest BCUT2D eigenvalue weighted by Gasteiger charge is 2.04. The summed E-state index contributed by atoms with van der Waals surface area (Å²) in [5.41, 5.74) is 0. The molecule has 0 atom stereocenters. The number of halogens is 1. The Kier molecular flexibility index (Phi) is 3.08. The lowest BCUT2D eigenvalue weighted by molar-refractivity contribution is 0.954. The molecule has 1 heterocycles. The first-order valence-electron chi connectivity index (χ1n) is 3.31. The molecule has 0 saturated carbocycles. The van der Waals surface area contributed by atoms with E-state index in [1.54, 1.807) is 0 Å². The van der Waals surface area contributed by atoms with Gasteiger partial charge in [-0.25, -0.2) is 4.98 Å². The van der Waals surface area contributed by atoms with Gasteiger partial charge in [0.05, 0.1) is 0 Å². The van der Waals surface area contributed by atoms with Crippen LogP contribution < -0.4 is 4.90 Å². The third kappa shape index (κ3) is 2.31. The molecule has 0 aliphatic carbocycles. The normalized spacial score (nSPS) is 10.1. The van der Waals surface area contributed by atoms with E-state index in [1.807, 2.05) is 18.9 Å². The summed E-state index contributed by atoms with van der Waals surface area (Å²) in [6.45, 7) is 2.70. The predicted molar refractivity (Wildman–Crippen MR) is 48.6 cm³/mol. The van der Waals surface area contributed by atoms with Crippen LogP contribution in [0.25, 0.3) is 0 Å². The van der Waals surface area contributed by atoms with Crippen LogP contribution >= 0.6 is 23.1 Å². The Morgan fingerprint density at radius 3 is 2.82 bits per heavy atom. The summed E-state index contributed by atoms with van der Waals surface area (Å²) in [5.74, 6) is 1.45. The summed E-state index contributed by atoms with van der Waals surface area (Å²) in [6, 6.07) is 0. The van der Waals surface area contributed by atoms with Gasteiger partial charge in [-0.1, -0.05) is 0 Å². The van der Waals surface area contributed by atoms with Crippen LogP contribution in [0, 0.1) is 6.92 Å². The zero-order valence-electron chi connectivity index (χ0n) is 6.54. The van der Waals surface area contributed by atoms with Crippen molar-refractivity contribution in [1.82, 2.24) is 9.36 Å². The molecule has 1 rings (SSSR count). The first kappa shape index (κ1) is 8.74. The summed E-state index contributed by atoms with van der Waals surface area (Å²) >= 11 is 6.97. The van der Waals surface area contributed by atoms with Gasteiger partial charge in [0, 0.05) is 31.0 Å². The van der Waals surface area contributed by atoms with E-state index in [-0.39, 0.29) is 0 Å². The largest absolute Gasteiger partial charge is 0.349 e. The molecule has 5 heteroatoms. The Labute approximate surface area is 75.2 Å². The van der Waals surface area contributed by atoms with Crippen molar-refractivity contribution < 1.29 is 0 Å². The Morgan fingerprint density at radius 2 is 2.36 bits per heavy atom. The highest BCUT2D eigenvalue weighted by Crippen LogP contribution is 2.14. The number of aromatic nitrogens is 2. The van der Waals surface area contributed by atoms with E-state index >= 15 is 0 Å². The van der Waals surface area contributed by atoms with Crippen molar-refractivity contribution in [2.75, 3.05) is 24.4 Å².